The SMILES string of the molecule is C[Si]C(F)(F)c1ccc(C)cc1. The predicted octanol–water partition coefficient (Wildman–Crippen LogP) is 2.80. The lowest BCUT2D eigenvalue weighted by Crippen LogP contribution is -2.19. The summed E-state index contributed by atoms with van der Waals surface area (Å²) < 4.78 is 26.1. The largest absolute Gasteiger partial charge is 0.249 e. The summed E-state index contributed by atoms with van der Waals surface area (Å²) >= 11 is 0. The first kappa shape index (κ1) is 9.39. The second-order valence-corrected chi connectivity index (χ2v) is 3.82. The Labute approximate surface area is 73.4 Å². The zero-order valence-electron chi connectivity index (χ0n) is 7.07. The van der Waals surface area contributed by atoms with E-state index < -0.39 is 5.55 Å². The molecule has 0 N–H and O–H groups in total. The maximum atomic E-state index is 13.0. The van der Waals surface area contributed by atoms with Crippen molar-refractivity contribution in [1.82, 2.24) is 0 Å². The number of alkyl halides is 2. The molecule has 0 unspecified atom stereocenters. The molecule has 2 radical (unpaired) electrons. The fraction of sp³-hybridized carbons (Fsp3) is 0.333. The molecule has 0 aliphatic heterocycles. The molecule has 0 amide bonds. The van der Waals surface area contributed by atoms with Crippen molar-refractivity contribution in [3.05, 3.63) is 35.4 Å². The van der Waals surface area contributed by atoms with E-state index in [1.807, 2.05) is 6.92 Å². The van der Waals surface area contributed by atoms with Crippen LogP contribution in [0.2, 0.25) is 6.55 Å². The Morgan fingerprint density at radius 3 is 2.08 bits per heavy atom. The number of aryl methyl sites for hydroxylation is 1. The Hall–Kier alpha value is -0.703. The second-order valence-electron chi connectivity index (χ2n) is 2.69. The molecular formula is C9H10F2Si. The molecule has 0 aromatic heterocycles. The van der Waals surface area contributed by atoms with E-state index in [1.54, 1.807) is 12.1 Å². The van der Waals surface area contributed by atoms with Gasteiger partial charge in [-0.1, -0.05) is 36.4 Å². The van der Waals surface area contributed by atoms with Gasteiger partial charge in [0.05, 0.1) is 0 Å². The van der Waals surface area contributed by atoms with Crippen molar-refractivity contribution in [1.29, 1.82) is 0 Å². The fourth-order valence-electron chi connectivity index (χ4n) is 0.907. The van der Waals surface area contributed by atoms with Crippen molar-refractivity contribution in [3.8, 4) is 0 Å². The molecule has 0 atom stereocenters. The molecule has 0 aliphatic carbocycles. The Morgan fingerprint density at radius 2 is 1.67 bits per heavy atom. The smallest absolute Gasteiger partial charge is 0.207 e. The molecule has 0 aliphatic rings. The van der Waals surface area contributed by atoms with Crippen LogP contribution < -0.4 is 0 Å². The summed E-state index contributed by atoms with van der Waals surface area (Å²) in [5.41, 5.74) is -1.52. The van der Waals surface area contributed by atoms with Crippen LogP contribution in [0.3, 0.4) is 0 Å². The first-order chi connectivity index (χ1) is 5.56. The molecule has 0 nitrogen and oxygen atoms in total. The minimum atomic E-state index is -2.65. The van der Waals surface area contributed by atoms with Gasteiger partial charge in [0.25, 0.3) is 0 Å². The normalized spacial score (nSPS) is 11.7. The molecule has 0 heterocycles. The summed E-state index contributed by atoms with van der Waals surface area (Å²) in [6.07, 6.45) is 0. The van der Waals surface area contributed by atoms with Gasteiger partial charge in [-0.25, -0.2) is 8.78 Å². The average molecular weight is 184 g/mol. The molecule has 1 aromatic carbocycles. The molecule has 0 saturated heterocycles. The number of rotatable bonds is 2. The van der Waals surface area contributed by atoms with E-state index in [0.717, 1.165) is 5.56 Å². The van der Waals surface area contributed by atoms with Crippen LogP contribution in [0.5, 0.6) is 0 Å². The minimum Gasteiger partial charge on any atom is -0.207 e. The summed E-state index contributed by atoms with van der Waals surface area (Å²) in [6, 6.07) is 6.41. The van der Waals surface area contributed by atoms with Crippen LogP contribution in [0.15, 0.2) is 24.3 Å². The monoisotopic (exact) mass is 184 g/mol. The third-order valence-corrected chi connectivity index (χ3v) is 2.64. The molecule has 0 saturated carbocycles. The fourth-order valence-corrected chi connectivity index (χ4v) is 1.36. The van der Waals surface area contributed by atoms with Crippen molar-refractivity contribution < 1.29 is 8.78 Å². The molecular weight excluding hydrogens is 174 g/mol. The van der Waals surface area contributed by atoms with Gasteiger partial charge in [0.2, 0.25) is 5.55 Å². The first-order valence-electron chi connectivity index (χ1n) is 3.70. The van der Waals surface area contributed by atoms with Gasteiger partial charge in [0.15, 0.2) is 0 Å². The van der Waals surface area contributed by atoms with Crippen molar-refractivity contribution >= 4 is 9.52 Å². The predicted molar refractivity (Wildman–Crippen MR) is 46.7 cm³/mol. The van der Waals surface area contributed by atoms with E-state index >= 15 is 0 Å². The van der Waals surface area contributed by atoms with Crippen LogP contribution in [-0.2, 0) is 5.55 Å². The Bertz CT molecular complexity index is 254. The van der Waals surface area contributed by atoms with E-state index in [1.165, 1.54) is 18.7 Å². The maximum absolute atomic E-state index is 13.0. The van der Waals surface area contributed by atoms with Gasteiger partial charge < -0.3 is 0 Å². The molecule has 0 fully saturated rings. The first-order valence-corrected chi connectivity index (χ1v) is 5.20. The maximum Gasteiger partial charge on any atom is 0.249 e. The molecule has 3 heteroatoms. The standard InChI is InChI=1S/C9H10F2Si/c1-7-3-5-8(6-4-7)9(10,11)12-2/h3-6H,1-2H3. The molecule has 64 valence electrons. The van der Waals surface area contributed by atoms with E-state index in [9.17, 15) is 8.78 Å². The average Bonchev–Trinajstić information content (AvgIpc) is 2.05. The van der Waals surface area contributed by atoms with Crippen LogP contribution >= 0.6 is 0 Å². The second kappa shape index (κ2) is 3.35. The van der Waals surface area contributed by atoms with E-state index in [-0.39, 0.29) is 15.1 Å². The summed E-state index contributed by atoms with van der Waals surface area (Å²) in [4.78, 5) is 0. The van der Waals surface area contributed by atoms with E-state index in [2.05, 4.69) is 0 Å². The lowest BCUT2D eigenvalue weighted by molar-refractivity contribution is 0.0899. The summed E-state index contributed by atoms with van der Waals surface area (Å²) in [7, 11) is -0.375. The van der Waals surface area contributed by atoms with Crippen LogP contribution in [0.25, 0.3) is 0 Å². The van der Waals surface area contributed by atoms with Gasteiger partial charge in [0, 0.05) is 5.56 Å². The van der Waals surface area contributed by atoms with Crippen LogP contribution in [0.4, 0.5) is 8.78 Å². The van der Waals surface area contributed by atoms with Crippen LogP contribution in [-0.4, -0.2) is 9.52 Å². The van der Waals surface area contributed by atoms with Gasteiger partial charge in [-0.3, -0.25) is 0 Å². The highest BCUT2D eigenvalue weighted by atomic mass is 28.2. The molecule has 0 bridgehead atoms. The minimum absolute atomic E-state index is 0.119. The lowest BCUT2D eigenvalue weighted by atomic mass is 10.1. The van der Waals surface area contributed by atoms with Crippen molar-refractivity contribution in [3.63, 3.8) is 0 Å². The molecule has 1 aromatic rings. The molecule has 0 spiro atoms. The van der Waals surface area contributed by atoms with Crippen molar-refractivity contribution in [2.24, 2.45) is 0 Å². The van der Waals surface area contributed by atoms with Gasteiger partial charge in [-0.05, 0) is 6.92 Å². The molecule has 1 rings (SSSR count). The van der Waals surface area contributed by atoms with E-state index in [0.29, 0.717) is 0 Å². The summed E-state index contributed by atoms with van der Waals surface area (Å²) in [5.74, 6) is 0. The zero-order chi connectivity index (χ0) is 9.19. The topological polar surface area (TPSA) is 0 Å². The lowest BCUT2D eigenvalue weighted by Gasteiger charge is -2.13. The third-order valence-electron chi connectivity index (χ3n) is 1.73. The number of hydrogen-bond acceptors (Lipinski definition) is 0. The van der Waals surface area contributed by atoms with Crippen molar-refractivity contribution in [2.75, 3.05) is 0 Å². The highest BCUT2D eigenvalue weighted by Crippen LogP contribution is 2.26. The Balaban J connectivity index is 2.96. The number of benzene rings is 1. The van der Waals surface area contributed by atoms with Gasteiger partial charge in [-0.2, -0.15) is 0 Å². The summed E-state index contributed by atoms with van der Waals surface area (Å²) in [5, 5.41) is 0. The third kappa shape index (κ3) is 1.91. The highest BCUT2D eigenvalue weighted by Gasteiger charge is 2.28. The van der Waals surface area contributed by atoms with Gasteiger partial charge >= 0.3 is 0 Å². The quantitative estimate of drug-likeness (QED) is 0.620. The number of halogens is 2. The molecule has 12 heavy (non-hydrogen) atoms. The van der Waals surface area contributed by atoms with E-state index in [4.69, 9.17) is 0 Å². The zero-order valence-corrected chi connectivity index (χ0v) is 8.07. The Morgan fingerprint density at radius 1 is 1.17 bits per heavy atom. The summed E-state index contributed by atoms with van der Waals surface area (Å²) in [6.45, 7) is 3.40. The van der Waals surface area contributed by atoms with Crippen LogP contribution in [0, 0.1) is 6.92 Å². The highest BCUT2D eigenvalue weighted by molar-refractivity contribution is 6.36. The van der Waals surface area contributed by atoms with Gasteiger partial charge in [-0.15, -0.1) is 0 Å². The van der Waals surface area contributed by atoms with Crippen molar-refractivity contribution in [2.45, 2.75) is 19.0 Å². The van der Waals surface area contributed by atoms with Gasteiger partial charge in [0.1, 0.15) is 9.52 Å². The Kier molecular flexibility index (Phi) is 2.62. The van der Waals surface area contributed by atoms with Crippen LogP contribution in [0.1, 0.15) is 11.1 Å². The number of hydrogen-bond donors (Lipinski definition) is 0.